The molecular weight excluding hydrogens is 364 g/mol. The predicted octanol–water partition coefficient (Wildman–Crippen LogP) is 7.45. The van der Waals surface area contributed by atoms with Crippen molar-refractivity contribution in [2.45, 2.75) is 44.9 Å². The van der Waals surface area contributed by atoms with E-state index in [9.17, 15) is 0 Å². The van der Waals surface area contributed by atoms with E-state index in [0.717, 1.165) is 28.7 Å². The smallest absolute Gasteiger partial charge is 0.118 e. The summed E-state index contributed by atoms with van der Waals surface area (Å²) in [6, 6.07) is 25.5. The molecule has 0 aromatic heterocycles. The summed E-state index contributed by atoms with van der Waals surface area (Å²) in [6.45, 7) is 2.32. The lowest BCUT2D eigenvalue weighted by molar-refractivity contribution is 0.319. The second-order valence-electron chi connectivity index (χ2n) is 8.30. The van der Waals surface area contributed by atoms with Crippen LogP contribution >= 0.6 is 0 Å². The molecule has 30 heavy (non-hydrogen) atoms. The van der Waals surface area contributed by atoms with Gasteiger partial charge in [-0.2, -0.15) is 0 Å². The molecule has 0 aliphatic heterocycles. The number of hydrogen-bond donors (Lipinski definition) is 0. The summed E-state index contributed by atoms with van der Waals surface area (Å²) in [6.07, 6.45) is 6.78. The quantitative estimate of drug-likeness (QED) is 0.418. The monoisotopic (exact) mass is 394 g/mol. The van der Waals surface area contributed by atoms with E-state index in [1.165, 1.54) is 48.8 Å². The van der Waals surface area contributed by atoms with Gasteiger partial charge < -0.3 is 4.74 Å². The van der Waals surface area contributed by atoms with Gasteiger partial charge in [0.1, 0.15) is 5.75 Å². The van der Waals surface area contributed by atoms with Crippen LogP contribution in [-0.2, 0) is 0 Å². The average molecular weight is 395 g/mol. The van der Waals surface area contributed by atoms with Crippen molar-refractivity contribution in [2.24, 2.45) is 5.92 Å². The first kappa shape index (κ1) is 20.3. The first-order valence-electron chi connectivity index (χ1n) is 11.1. The number of hydrogen-bond acceptors (Lipinski definition) is 1. The predicted molar refractivity (Wildman–Crippen MR) is 126 cm³/mol. The van der Waals surface area contributed by atoms with Gasteiger partial charge in [0.25, 0.3) is 0 Å². The van der Waals surface area contributed by atoms with Crippen LogP contribution < -0.4 is 4.74 Å². The minimum atomic E-state index is 0.736. The molecular formula is C29H30O. The van der Waals surface area contributed by atoms with Crippen molar-refractivity contribution >= 4 is 0 Å². The van der Waals surface area contributed by atoms with Gasteiger partial charge in [-0.15, -0.1) is 0 Å². The van der Waals surface area contributed by atoms with Crippen molar-refractivity contribution in [3.05, 3.63) is 89.5 Å². The average Bonchev–Trinajstić information content (AvgIpc) is 2.83. The lowest BCUT2D eigenvalue weighted by atomic mass is 9.78. The second kappa shape index (κ2) is 9.68. The number of ether oxygens (including phenoxy) is 1. The molecule has 0 radical (unpaired) electrons. The summed E-state index contributed by atoms with van der Waals surface area (Å²) in [5.74, 6) is 9.17. The molecule has 0 heterocycles. The molecule has 0 amide bonds. The van der Waals surface area contributed by atoms with Gasteiger partial charge in [0.2, 0.25) is 0 Å². The van der Waals surface area contributed by atoms with Crippen LogP contribution in [0, 0.1) is 17.8 Å². The van der Waals surface area contributed by atoms with Crippen molar-refractivity contribution in [3.8, 4) is 28.7 Å². The molecule has 0 bridgehead atoms. The highest BCUT2D eigenvalue weighted by Crippen LogP contribution is 2.36. The van der Waals surface area contributed by atoms with Crippen LogP contribution in [0.15, 0.2) is 72.8 Å². The Labute approximate surface area is 181 Å². The van der Waals surface area contributed by atoms with Crippen molar-refractivity contribution < 1.29 is 4.74 Å². The van der Waals surface area contributed by atoms with Crippen LogP contribution in [0.5, 0.6) is 5.75 Å². The van der Waals surface area contributed by atoms with Crippen molar-refractivity contribution in [1.29, 1.82) is 0 Å². The maximum atomic E-state index is 5.23. The van der Waals surface area contributed by atoms with Crippen LogP contribution in [0.25, 0.3) is 11.1 Å². The molecule has 0 N–H and O–H groups in total. The van der Waals surface area contributed by atoms with Crippen molar-refractivity contribution in [3.63, 3.8) is 0 Å². The lowest BCUT2D eigenvalue weighted by Gasteiger charge is -2.28. The zero-order chi connectivity index (χ0) is 20.8. The zero-order valence-electron chi connectivity index (χ0n) is 18.0. The topological polar surface area (TPSA) is 9.23 Å². The Kier molecular flexibility index (Phi) is 6.55. The second-order valence-corrected chi connectivity index (χ2v) is 8.30. The summed E-state index contributed by atoms with van der Waals surface area (Å²) in [5, 5.41) is 0. The third-order valence-electron chi connectivity index (χ3n) is 6.47. The highest BCUT2D eigenvalue weighted by Gasteiger charge is 2.20. The summed E-state index contributed by atoms with van der Waals surface area (Å²) in [5.41, 5.74) is 5.97. The highest BCUT2D eigenvalue weighted by molar-refractivity contribution is 5.65. The molecule has 1 nitrogen and oxygen atoms in total. The molecule has 4 rings (SSSR count). The number of methoxy groups -OCH3 is 1. The van der Waals surface area contributed by atoms with Gasteiger partial charge in [-0.05, 0) is 90.6 Å². The van der Waals surface area contributed by atoms with Gasteiger partial charge in [-0.1, -0.05) is 61.6 Å². The molecule has 152 valence electrons. The SMILES string of the molecule is CC[C@H]1CC[C@H](c2ccc(C#Cc3ccc(-c4ccc(OC)cc4)cc3)cc2)CC1. The zero-order valence-corrected chi connectivity index (χ0v) is 18.0. The maximum absolute atomic E-state index is 5.23. The van der Waals surface area contributed by atoms with E-state index in [2.05, 4.69) is 79.4 Å². The molecule has 0 atom stereocenters. The first-order valence-corrected chi connectivity index (χ1v) is 11.1. The van der Waals surface area contributed by atoms with Crippen LogP contribution in [0.2, 0.25) is 0 Å². The Morgan fingerprint density at radius 1 is 0.700 bits per heavy atom. The largest absolute Gasteiger partial charge is 0.497 e. The van der Waals surface area contributed by atoms with E-state index in [4.69, 9.17) is 4.74 Å². The van der Waals surface area contributed by atoms with Gasteiger partial charge >= 0.3 is 0 Å². The molecule has 0 spiro atoms. The molecule has 1 heteroatoms. The van der Waals surface area contributed by atoms with Crippen LogP contribution in [0.4, 0.5) is 0 Å². The van der Waals surface area contributed by atoms with Crippen molar-refractivity contribution in [2.75, 3.05) is 7.11 Å². The lowest BCUT2D eigenvalue weighted by Crippen LogP contribution is -2.12. The molecule has 1 aliphatic rings. The van der Waals surface area contributed by atoms with Crippen molar-refractivity contribution in [1.82, 2.24) is 0 Å². The Balaban J connectivity index is 1.39. The van der Waals surface area contributed by atoms with E-state index in [0.29, 0.717) is 0 Å². The minimum Gasteiger partial charge on any atom is -0.497 e. The maximum Gasteiger partial charge on any atom is 0.118 e. The molecule has 1 saturated carbocycles. The van der Waals surface area contributed by atoms with Crippen LogP contribution in [-0.4, -0.2) is 7.11 Å². The number of rotatable bonds is 4. The molecule has 3 aromatic carbocycles. The molecule has 3 aromatic rings. The van der Waals surface area contributed by atoms with Gasteiger partial charge in [0.05, 0.1) is 7.11 Å². The van der Waals surface area contributed by atoms with E-state index in [1.54, 1.807) is 7.11 Å². The summed E-state index contributed by atoms with van der Waals surface area (Å²) >= 11 is 0. The molecule has 0 saturated heterocycles. The van der Waals surface area contributed by atoms with Crippen LogP contribution in [0.1, 0.15) is 61.6 Å². The Bertz CT molecular complexity index is 993. The molecule has 0 unspecified atom stereocenters. The first-order chi connectivity index (χ1) is 14.7. The summed E-state index contributed by atoms with van der Waals surface area (Å²) in [7, 11) is 1.69. The third-order valence-corrected chi connectivity index (χ3v) is 6.47. The fourth-order valence-corrected chi connectivity index (χ4v) is 4.42. The number of benzene rings is 3. The summed E-state index contributed by atoms with van der Waals surface area (Å²) in [4.78, 5) is 0. The Hall–Kier alpha value is -2.98. The van der Waals surface area contributed by atoms with E-state index < -0.39 is 0 Å². The van der Waals surface area contributed by atoms with Crippen LogP contribution in [0.3, 0.4) is 0 Å². The Morgan fingerprint density at radius 2 is 1.20 bits per heavy atom. The van der Waals surface area contributed by atoms with Gasteiger partial charge in [0, 0.05) is 11.1 Å². The third kappa shape index (κ3) is 4.95. The fourth-order valence-electron chi connectivity index (χ4n) is 4.42. The van der Waals surface area contributed by atoms with E-state index >= 15 is 0 Å². The fraction of sp³-hybridized carbons (Fsp3) is 0.310. The molecule has 1 aliphatic carbocycles. The van der Waals surface area contributed by atoms with Gasteiger partial charge in [0.15, 0.2) is 0 Å². The van der Waals surface area contributed by atoms with E-state index in [-0.39, 0.29) is 0 Å². The van der Waals surface area contributed by atoms with Gasteiger partial charge in [-0.25, -0.2) is 0 Å². The molecule has 1 fully saturated rings. The van der Waals surface area contributed by atoms with Gasteiger partial charge in [-0.3, -0.25) is 0 Å². The normalized spacial score (nSPS) is 18.3. The standard InChI is InChI=1S/C29H30O/c1-3-22-6-12-25(13-7-22)26-14-8-23(9-15-26)4-5-24-10-16-27(17-11-24)28-18-20-29(30-2)21-19-28/h8-11,14-22,25H,3,6-7,12-13H2,1-2H3/t22-,25-. The summed E-state index contributed by atoms with van der Waals surface area (Å²) < 4.78 is 5.23. The van der Waals surface area contributed by atoms with E-state index in [1.807, 2.05) is 12.1 Å². The highest BCUT2D eigenvalue weighted by atomic mass is 16.5. The minimum absolute atomic E-state index is 0.736. The Morgan fingerprint density at radius 3 is 1.70 bits per heavy atom.